The van der Waals surface area contributed by atoms with Crippen LogP contribution in [-0.4, -0.2) is 59.0 Å². The van der Waals surface area contributed by atoms with E-state index in [2.05, 4.69) is 37.9 Å². The van der Waals surface area contributed by atoms with Crippen molar-refractivity contribution < 1.29 is 14.0 Å². The summed E-state index contributed by atoms with van der Waals surface area (Å²) in [6.45, 7) is 2.97. The van der Waals surface area contributed by atoms with Gasteiger partial charge in [0.2, 0.25) is 11.0 Å². The molecule has 2 heterocycles. The zero-order valence-corrected chi connectivity index (χ0v) is 18.7. The number of carbonyl (C=O) groups excluding carboxylic acids is 2. The van der Waals surface area contributed by atoms with E-state index in [0.29, 0.717) is 28.2 Å². The van der Waals surface area contributed by atoms with E-state index >= 15 is 0 Å². The fraction of sp³-hybridized carbons (Fsp3) is 0.238. The number of amides is 3. The number of piperazine rings is 1. The summed E-state index contributed by atoms with van der Waals surface area (Å²) in [6.07, 6.45) is 0. The lowest BCUT2D eigenvalue weighted by atomic mass is 10.2. The van der Waals surface area contributed by atoms with Crippen molar-refractivity contribution in [2.24, 2.45) is 0 Å². The molecule has 3 aromatic rings. The quantitative estimate of drug-likeness (QED) is 0.419. The van der Waals surface area contributed by atoms with E-state index in [4.69, 9.17) is 0 Å². The molecular formula is C21H21FN6O2S2. The minimum atomic E-state index is -0.503. The lowest BCUT2D eigenvalue weighted by Crippen LogP contribution is -2.49. The van der Waals surface area contributed by atoms with E-state index < -0.39 is 6.03 Å². The predicted molar refractivity (Wildman–Crippen MR) is 125 cm³/mol. The monoisotopic (exact) mass is 472 g/mol. The molecule has 32 heavy (non-hydrogen) atoms. The van der Waals surface area contributed by atoms with Gasteiger partial charge in [-0.15, -0.1) is 10.2 Å². The maximum absolute atomic E-state index is 12.9. The standard InChI is InChI=1S/C21H21FN6O2S2/c22-15-6-8-16(9-7-15)23-19(30)24-20-25-26-21(32-20)31-14-18(29)28-12-10-27(11-13-28)17-4-2-1-3-5-17/h1-9H,10-14H2,(H2,23,24,25,30). The number of rotatable bonds is 6. The maximum atomic E-state index is 12.9. The Bertz CT molecular complexity index is 1060. The highest BCUT2D eigenvalue weighted by molar-refractivity contribution is 8.01. The summed E-state index contributed by atoms with van der Waals surface area (Å²) < 4.78 is 13.5. The van der Waals surface area contributed by atoms with Crippen molar-refractivity contribution in [3.05, 3.63) is 60.4 Å². The second-order valence-electron chi connectivity index (χ2n) is 6.95. The molecule has 2 N–H and O–H groups in total. The number of hydrogen-bond donors (Lipinski definition) is 2. The summed E-state index contributed by atoms with van der Waals surface area (Å²) in [5.41, 5.74) is 1.63. The summed E-state index contributed by atoms with van der Waals surface area (Å²) in [4.78, 5) is 28.7. The topological polar surface area (TPSA) is 90.5 Å². The van der Waals surface area contributed by atoms with Crippen molar-refractivity contribution in [3.63, 3.8) is 0 Å². The Labute approximate surface area is 192 Å². The molecular weight excluding hydrogens is 451 g/mol. The second-order valence-corrected chi connectivity index (χ2v) is 9.15. The molecule has 3 amide bonds. The Hall–Kier alpha value is -3.18. The van der Waals surface area contributed by atoms with Gasteiger partial charge in [-0.2, -0.15) is 0 Å². The van der Waals surface area contributed by atoms with Crippen LogP contribution in [0.2, 0.25) is 0 Å². The molecule has 0 atom stereocenters. The number of urea groups is 1. The van der Waals surface area contributed by atoms with E-state index in [0.717, 1.165) is 13.1 Å². The number of thioether (sulfide) groups is 1. The molecule has 1 saturated heterocycles. The second kappa shape index (κ2) is 10.4. The van der Waals surface area contributed by atoms with Crippen LogP contribution in [0.25, 0.3) is 0 Å². The molecule has 4 rings (SSSR count). The lowest BCUT2D eigenvalue weighted by Gasteiger charge is -2.36. The minimum Gasteiger partial charge on any atom is -0.368 e. The van der Waals surface area contributed by atoms with E-state index in [9.17, 15) is 14.0 Å². The van der Waals surface area contributed by atoms with Gasteiger partial charge in [-0.3, -0.25) is 10.1 Å². The van der Waals surface area contributed by atoms with Crippen LogP contribution in [-0.2, 0) is 4.79 Å². The van der Waals surface area contributed by atoms with Gasteiger partial charge in [-0.25, -0.2) is 9.18 Å². The summed E-state index contributed by atoms with van der Waals surface area (Å²) >= 11 is 2.49. The fourth-order valence-electron chi connectivity index (χ4n) is 3.18. The molecule has 2 aromatic carbocycles. The van der Waals surface area contributed by atoms with Gasteiger partial charge in [-0.05, 0) is 36.4 Å². The number of halogens is 1. The first-order valence-electron chi connectivity index (χ1n) is 9.94. The third-order valence-corrected chi connectivity index (χ3v) is 6.76. The first-order chi connectivity index (χ1) is 15.6. The molecule has 0 spiro atoms. The average Bonchev–Trinajstić information content (AvgIpc) is 3.27. The molecule has 0 radical (unpaired) electrons. The Morgan fingerprint density at radius 3 is 2.41 bits per heavy atom. The number of benzene rings is 2. The average molecular weight is 473 g/mol. The van der Waals surface area contributed by atoms with Gasteiger partial charge in [0.05, 0.1) is 5.75 Å². The lowest BCUT2D eigenvalue weighted by molar-refractivity contribution is -0.128. The number of anilines is 3. The molecule has 0 unspecified atom stereocenters. The summed E-state index contributed by atoms with van der Waals surface area (Å²) in [5.74, 6) is -0.0577. The van der Waals surface area contributed by atoms with Crippen LogP contribution in [0.4, 0.5) is 25.7 Å². The third kappa shape index (κ3) is 5.95. The molecule has 1 aliphatic rings. The summed E-state index contributed by atoms with van der Waals surface area (Å²) in [5, 5.41) is 13.4. The van der Waals surface area contributed by atoms with Crippen molar-refractivity contribution in [2.45, 2.75) is 4.34 Å². The van der Waals surface area contributed by atoms with Gasteiger partial charge >= 0.3 is 6.03 Å². The Balaban J connectivity index is 1.20. The number of para-hydroxylation sites is 1. The van der Waals surface area contributed by atoms with Crippen molar-refractivity contribution in [2.75, 3.05) is 47.5 Å². The van der Waals surface area contributed by atoms with Gasteiger partial charge < -0.3 is 15.1 Å². The molecule has 1 aliphatic heterocycles. The van der Waals surface area contributed by atoms with Crippen molar-refractivity contribution >= 4 is 51.5 Å². The number of hydrogen-bond acceptors (Lipinski definition) is 7. The van der Waals surface area contributed by atoms with Crippen molar-refractivity contribution in [3.8, 4) is 0 Å². The SMILES string of the molecule is O=C(Nc1ccc(F)cc1)Nc1nnc(SCC(=O)N2CCN(c3ccccc3)CC2)s1. The summed E-state index contributed by atoms with van der Waals surface area (Å²) in [7, 11) is 0. The molecule has 11 heteroatoms. The van der Waals surface area contributed by atoms with Crippen LogP contribution in [0, 0.1) is 5.82 Å². The molecule has 0 bridgehead atoms. The third-order valence-electron chi connectivity index (χ3n) is 4.80. The predicted octanol–water partition coefficient (Wildman–Crippen LogP) is 3.76. The molecule has 0 saturated carbocycles. The van der Waals surface area contributed by atoms with Crippen molar-refractivity contribution in [1.82, 2.24) is 15.1 Å². The number of nitrogens with one attached hydrogen (secondary N) is 2. The van der Waals surface area contributed by atoms with Crippen LogP contribution in [0.15, 0.2) is 58.9 Å². The Morgan fingerprint density at radius 2 is 1.69 bits per heavy atom. The van der Waals surface area contributed by atoms with Gasteiger partial charge in [0.1, 0.15) is 5.82 Å². The molecule has 1 fully saturated rings. The van der Waals surface area contributed by atoms with E-state index in [1.165, 1.54) is 53.1 Å². The normalized spacial score (nSPS) is 13.7. The zero-order chi connectivity index (χ0) is 22.3. The number of carbonyl (C=O) groups is 2. The van der Waals surface area contributed by atoms with E-state index in [-0.39, 0.29) is 17.5 Å². The van der Waals surface area contributed by atoms with Crippen LogP contribution >= 0.6 is 23.1 Å². The Kier molecular flexibility index (Phi) is 7.17. The van der Waals surface area contributed by atoms with E-state index in [1.54, 1.807) is 0 Å². The van der Waals surface area contributed by atoms with Crippen LogP contribution in [0.3, 0.4) is 0 Å². The highest BCUT2D eigenvalue weighted by Crippen LogP contribution is 2.26. The van der Waals surface area contributed by atoms with Gasteiger partial charge in [0, 0.05) is 37.6 Å². The number of aromatic nitrogens is 2. The van der Waals surface area contributed by atoms with Gasteiger partial charge in [0.25, 0.3) is 0 Å². The first kappa shape index (κ1) is 22.0. The fourth-order valence-corrected chi connectivity index (χ4v) is 4.83. The van der Waals surface area contributed by atoms with Gasteiger partial charge in [0.15, 0.2) is 4.34 Å². The minimum absolute atomic E-state index is 0.0569. The van der Waals surface area contributed by atoms with Crippen molar-refractivity contribution in [1.29, 1.82) is 0 Å². The maximum Gasteiger partial charge on any atom is 0.325 e. The molecule has 1 aromatic heterocycles. The number of nitrogens with zero attached hydrogens (tertiary/aromatic N) is 4. The highest BCUT2D eigenvalue weighted by atomic mass is 32.2. The molecule has 166 valence electrons. The van der Waals surface area contributed by atoms with Crippen LogP contribution < -0.4 is 15.5 Å². The highest BCUT2D eigenvalue weighted by Gasteiger charge is 2.21. The molecule has 0 aliphatic carbocycles. The largest absolute Gasteiger partial charge is 0.368 e. The van der Waals surface area contributed by atoms with Crippen LogP contribution in [0.5, 0.6) is 0 Å². The van der Waals surface area contributed by atoms with Gasteiger partial charge in [-0.1, -0.05) is 41.3 Å². The smallest absolute Gasteiger partial charge is 0.325 e. The summed E-state index contributed by atoms with van der Waals surface area (Å²) in [6, 6.07) is 15.1. The van der Waals surface area contributed by atoms with Crippen LogP contribution in [0.1, 0.15) is 0 Å². The zero-order valence-electron chi connectivity index (χ0n) is 17.0. The van der Waals surface area contributed by atoms with E-state index in [1.807, 2.05) is 23.1 Å². The molecule has 8 nitrogen and oxygen atoms in total. The Morgan fingerprint density at radius 1 is 0.969 bits per heavy atom. The first-order valence-corrected chi connectivity index (χ1v) is 11.7.